The van der Waals surface area contributed by atoms with Crippen LogP contribution in [0.15, 0.2) is 36.7 Å². The van der Waals surface area contributed by atoms with Gasteiger partial charge in [0.25, 0.3) is 0 Å². The standard InChI is InChI=1S/C35H43N5O3S/c1-21-28(24-8-9-25-20-40(15-11-23(25)18-24)33-38-26-19-36-14-10-27(26)44-33)30(39-16-12-35(6,7)13-17-39)29(22(2)37-21)31(32(41)42)43-34(3,4)5/h8-10,14,18-19,31H,11-13,15-17,20H2,1-7H3,(H,41,42)/t31-/m0/s1. The number of aryl methyl sites for hydroxylation is 2. The third kappa shape index (κ3) is 6.04. The second-order valence-corrected chi connectivity index (χ2v) is 15.0. The van der Waals surface area contributed by atoms with Crippen LogP contribution in [0.4, 0.5) is 10.8 Å². The topological polar surface area (TPSA) is 91.7 Å². The number of carboxylic acid groups (broad SMARTS) is 1. The van der Waals surface area contributed by atoms with Crippen LogP contribution in [-0.2, 0) is 22.5 Å². The third-order valence-electron chi connectivity index (χ3n) is 8.93. The molecule has 1 saturated heterocycles. The highest BCUT2D eigenvalue weighted by molar-refractivity contribution is 7.22. The van der Waals surface area contributed by atoms with E-state index >= 15 is 0 Å². The van der Waals surface area contributed by atoms with Gasteiger partial charge >= 0.3 is 5.97 Å². The molecule has 232 valence electrons. The maximum Gasteiger partial charge on any atom is 0.337 e. The highest BCUT2D eigenvalue weighted by Crippen LogP contribution is 2.45. The number of aliphatic carboxylic acids is 1. The van der Waals surface area contributed by atoms with Crippen LogP contribution in [0.1, 0.15) is 81.6 Å². The summed E-state index contributed by atoms with van der Waals surface area (Å²) in [6.07, 6.45) is 5.49. The second-order valence-electron chi connectivity index (χ2n) is 14.0. The molecule has 6 rings (SSSR count). The molecule has 9 heteroatoms. The van der Waals surface area contributed by atoms with Crippen LogP contribution >= 0.6 is 11.3 Å². The number of benzene rings is 1. The van der Waals surface area contributed by atoms with E-state index in [0.29, 0.717) is 11.3 Å². The van der Waals surface area contributed by atoms with Gasteiger partial charge in [0.15, 0.2) is 11.2 Å². The first-order valence-corrected chi connectivity index (χ1v) is 16.4. The summed E-state index contributed by atoms with van der Waals surface area (Å²) in [4.78, 5) is 31.6. The largest absolute Gasteiger partial charge is 0.479 e. The first-order chi connectivity index (χ1) is 20.8. The number of piperidine rings is 1. The fourth-order valence-corrected chi connectivity index (χ4v) is 7.49. The molecule has 0 radical (unpaired) electrons. The van der Waals surface area contributed by atoms with Crippen molar-refractivity contribution < 1.29 is 14.6 Å². The van der Waals surface area contributed by atoms with E-state index in [1.165, 1.54) is 11.1 Å². The van der Waals surface area contributed by atoms with Gasteiger partial charge in [-0.3, -0.25) is 9.97 Å². The van der Waals surface area contributed by atoms with Gasteiger partial charge in [0.1, 0.15) is 5.52 Å². The first-order valence-electron chi connectivity index (χ1n) is 15.5. The van der Waals surface area contributed by atoms with Crippen molar-refractivity contribution in [2.75, 3.05) is 29.4 Å². The van der Waals surface area contributed by atoms with Gasteiger partial charge in [-0.05, 0) is 82.1 Å². The predicted octanol–water partition coefficient (Wildman–Crippen LogP) is 7.50. The second kappa shape index (κ2) is 11.4. The fourth-order valence-electron chi connectivity index (χ4n) is 6.53. The zero-order valence-corrected chi connectivity index (χ0v) is 27.7. The lowest BCUT2D eigenvalue weighted by atomic mass is 9.81. The van der Waals surface area contributed by atoms with Crippen LogP contribution < -0.4 is 9.80 Å². The van der Waals surface area contributed by atoms with Crippen molar-refractivity contribution in [2.45, 2.75) is 86.0 Å². The number of hydrogen-bond donors (Lipinski definition) is 1. The molecule has 0 aliphatic carbocycles. The van der Waals surface area contributed by atoms with Crippen molar-refractivity contribution in [2.24, 2.45) is 5.41 Å². The predicted molar refractivity (Wildman–Crippen MR) is 178 cm³/mol. The monoisotopic (exact) mass is 613 g/mol. The minimum atomic E-state index is -1.12. The Balaban J connectivity index is 1.43. The molecule has 1 atom stereocenters. The number of carboxylic acids is 1. The number of hydrogen-bond acceptors (Lipinski definition) is 8. The number of fused-ring (bicyclic) bond motifs is 2. The maximum absolute atomic E-state index is 12.8. The minimum absolute atomic E-state index is 0.250. The Kier molecular flexibility index (Phi) is 7.91. The van der Waals surface area contributed by atoms with Crippen LogP contribution in [0.3, 0.4) is 0 Å². The van der Waals surface area contributed by atoms with Crippen molar-refractivity contribution in [3.63, 3.8) is 0 Å². The number of thiazole rings is 1. The van der Waals surface area contributed by atoms with Crippen LogP contribution in [0, 0.1) is 19.3 Å². The summed E-state index contributed by atoms with van der Waals surface area (Å²) in [6, 6.07) is 8.74. The van der Waals surface area contributed by atoms with E-state index in [1.54, 1.807) is 11.3 Å². The van der Waals surface area contributed by atoms with Crippen LogP contribution in [0.25, 0.3) is 21.3 Å². The molecule has 0 saturated carbocycles. The lowest BCUT2D eigenvalue weighted by molar-refractivity contribution is -0.160. The molecule has 3 aromatic heterocycles. The molecule has 8 nitrogen and oxygen atoms in total. The lowest BCUT2D eigenvalue weighted by Gasteiger charge is -2.41. The molecule has 5 heterocycles. The summed E-state index contributed by atoms with van der Waals surface area (Å²) in [7, 11) is 0. The highest BCUT2D eigenvalue weighted by atomic mass is 32.1. The molecule has 2 aliphatic rings. The third-order valence-corrected chi connectivity index (χ3v) is 10.0. The van der Waals surface area contributed by atoms with Crippen molar-refractivity contribution >= 4 is 38.3 Å². The van der Waals surface area contributed by atoms with Crippen molar-refractivity contribution in [1.82, 2.24) is 15.0 Å². The summed E-state index contributed by atoms with van der Waals surface area (Å²) in [5.74, 6) is -0.991. The minimum Gasteiger partial charge on any atom is -0.479 e. The van der Waals surface area contributed by atoms with E-state index in [4.69, 9.17) is 14.7 Å². The van der Waals surface area contributed by atoms with E-state index in [2.05, 4.69) is 46.8 Å². The number of anilines is 2. The SMILES string of the molecule is Cc1nc(C)c([C@H](OC(C)(C)C)C(=O)O)c(N2CCC(C)(C)CC2)c1-c1ccc2c(c1)CCN(c1nc3cnccc3s1)C2. The summed E-state index contributed by atoms with van der Waals surface area (Å²) < 4.78 is 7.41. The van der Waals surface area contributed by atoms with Gasteiger partial charge < -0.3 is 19.6 Å². The van der Waals surface area contributed by atoms with E-state index in [-0.39, 0.29) is 5.41 Å². The molecule has 44 heavy (non-hydrogen) atoms. The molecule has 1 N–H and O–H groups in total. The number of ether oxygens (including phenoxy) is 1. The Labute approximate surface area is 264 Å². The molecule has 1 fully saturated rings. The maximum atomic E-state index is 12.8. The Morgan fingerprint density at radius 3 is 2.45 bits per heavy atom. The summed E-state index contributed by atoms with van der Waals surface area (Å²) in [5, 5.41) is 11.5. The Hall–Kier alpha value is -3.56. The Morgan fingerprint density at radius 1 is 1.02 bits per heavy atom. The number of pyridine rings is 2. The molecular weight excluding hydrogens is 570 g/mol. The van der Waals surface area contributed by atoms with Crippen LogP contribution in [-0.4, -0.2) is 51.3 Å². The zero-order chi connectivity index (χ0) is 31.4. The van der Waals surface area contributed by atoms with Gasteiger partial charge in [0, 0.05) is 54.9 Å². The quantitative estimate of drug-likeness (QED) is 0.239. The molecule has 0 amide bonds. The summed E-state index contributed by atoms with van der Waals surface area (Å²) in [6.45, 7) is 17.7. The average Bonchev–Trinajstić information content (AvgIpc) is 3.39. The van der Waals surface area contributed by atoms with E-state index in [1.807, 2.05) is 53.1 Å². The van der Waals surface area contributed by atoms with E-state index < -0.39 is 17.7 Å². The normalized spacial score (nSPS) is 17.5. The highest BCUT2D eigenvalue weighted by Gasteiger charge is 2.36. The number of rotatable bonds is 6. The number of aromatic nitrogens is 3. The van der Waals surface area contributed by atoms with Gasteiger partial charge in [-0.1, -0.05) is 43.4 Å². The van der Waals surface area contributed by atoms with Gasteiger partial charge in [-0.15, -0.1) is 0 Å². The van der Waals surface area contributed by atoms with Crippen LogP contribution in [0.5, 0.6) is 0 Å². The summed E-state index contributed by atoms with van der Waals surface area (Å²) >= 11 is 1.71. The number of carbonyl (C=O) groups is 1. The number of nitrogens with zero attached hydrogens (tertiary/aromatic N) is 5. The van der Waals surface area contributed by atoms with Gasteiger partial charge in [-0.25, -0.2) is 9.78 Å². The average molecular weight is 614 g/mol. The molecule has 1 aromatic carbocycles. The van der Waals surface area contributed by atoms with Crippen molar-refractivity contribution in [3.8, 4) is 11.1 Å². The molecule has 0 unspecified atom stereocenters. The van der Waals surface area contributed by atoms with E-state index in [9.17, 15) is 9.90 Å². The molecule has 0 spiro atoms. The van der Waals surface area contributed by atoms with Crippen molar-refractivity contribution in [1.29, 1.82) is 0 Å². The fraction of sp³-hybridized carbons (Fsp3) is 0.486. The Bertz CT molecular complexity index is 1680. The molecular formula is C35H43N5O3S. The van der Waals surface area contributed by atoms with Crippen molar-refractivity contribution in [3.05, 3.63) is 64.7 Å². The van der Waals surface area contributed by atoms with Gasteiger partial charge in [0.05, 0.1) is 22.2 Å². The lowest BCUT2D eigenvalue weighted by Crippen LogP contribution is -2.39. The van der Waals surface area contributed by atoms with Gasteiger partial charge in [0.2, 0.25) is 0 Å². The first kappa shape index (κ1) is 30.5. The van der Waals surface area contributed by atoms with E-state index in [0.717, 1.165) is 83.3 Å². The molecule has 4 aromatic rings. The molecule has 0 bridgehead atoms. The molecule has 2 aliphatic heterocycles. The smallest absolute Gasteiger partial charge is 0.337 e. The van der Waals surface area contributed by atoms with Crippen LogP contribution in [0.2, 0.25) is 0 Å². The Morgan fingerprint density at radius 2 is 1.77 bits per heavy atom. The van der Waals surface area contributed by atoms with Gasteiger partial charge in [-0.2, -0.15) is 0 Å². The zero-order valence-electron chi connectivity index (χ0n) is 26.9. The summed E-state index contributed by atoms with van der Waals surface area (Å²) in [5.41, 5.74) is 8.49.